The molecule has 2 atom stereocenters. The third-order valence-electron chi connectivity index (χ3n) is 2.37. The van der Waals surface area contributed by atoms with Crippen LogP contribution in [0.1, 0.15) is 13.8 Å². The molecule has 0 aliphatic carbocycles. The molecule has 68 valence electrons. The second-order valence-electron chi connectivity index (χ2n) is 3.23. The van der Waals surface area contributed by atoms with Gasteiger partial charge in [-0.05, 0) is 42.0 Å². The SMILES string of the molecule is CNC(C)N(C)C(C)N(C)C. The second-order valence-corrected chi connectivity index (χ2v) is 3.23. The molecule has 0 saturated heterocycles. The summed E-state index contributed by atoms with van der Waals surface area (Å²) in [5, 5.41) is 3.20. The summed E-state index contributed by atoms with van der Waals surface area (Å²) in [7, 11) is 8.27. The third kappa shape index (κ3) is 3.18. The molecule has 11 heavy (non-hydrogen) atoms. The van der Waals surface area contributed by atoms with Gasteiger partial charge in [0, 0.05) is 0 Å². The summed E-state index contributed by atoms with van der Waals surface area (Å²) in [6, 6.07) is 0. The smallest absolute Gasteiger partial charge is 0.0599 e. The first-order valence-electron chi connectivity index (χ1n) is 4.06. The van der Waals surface area contributed by atoms with Crippen molar-refractivity contribution in [3.05, 3.63) is 0 Å². The van der Waals surface area contributed by atoms with E-state index in [0.29, 0.717) is 12.3 Å². The van der Waals surface area contributed by atoms with Crippen LogP contribution in [-0.4, -0.2) is 50.3 Å². The monoisotopic (exact) mass is 159 g/mol. The molecule has 3 nitrogen and oxygen atoms in total. The van der Waals surface area contributed by atoms with Crippen molar-refractivity contribution in [2.75, 3.05) is 28.2 Å². The Morgan fingerprint density at radius 2 is 1.55 bits per heavy atom. The van der Waals surface area contributed by atoms with E-state index in [1.165, 1.54) is 0 Å². The molecule has 0 amide bonds. The van der Waals surface area contributed by atoms with Gasteiger partial charge in [-0.2, -0.15) is 0 Å². The predicted octanol–water partition coefficient (Wildman–Crippen LogP) is 0.391. The largest absolute Gasteiger partial charge is 0.305 e. The molecule has 2 unspecified atom stereocenters. The van der Waals surface area contributed by atoms with Crippen molar-refractivity contribution in [2.45, 2.75) is 26.2 Å². The Bertz CT molecular complexity index is 104. The molecule has 0 aromatic carbocycles. The first-order valence-corrected chi connectivity index (χ1v) is 4.06. The molecule has 0 saturated carbocycles. The van der Waals surface area contributed by atoms with Gasteiger partial charge in [0.1, 0.15) is 0 Å². The predicted molar refractivity (Wildman–Crippen MR) is 49.4 cm³/mol. The standard InChI is InChI=1S/C8H21N3/c1-7(9-3)11(6)8(2)10(4)5/h7-9H,1-6H3. The van der Waals surface area contributed by atoms with Gasteiger partial charge in [0.2, 0.25) is 0 Å². The Kier molecular flexibility index (Phi) is 4.65. The van der Waals surface area contributed by atoms with Gasteiger partial charge in [0.05, 0.1) is 12.3 Å². The van der Waals surface area contributed by atoms with Crippen molar-refractivity contribution in [1.82, 2.24) is 15.1 Å². The average molecular weight is 159 g/mol. The van der Waals surface area contributed by atoms with Crippen molar-refractivity contribution < 1.29 is 0 Å². The van der Waals surface area contributed by atoms with E-state index < -0.39 is 0 Å². The third-order valence-corrected chi connectivity index (χ3v) is 2.37. The highest BCUT2D eigenvalue weighted by atomic mass is 15.4. The number of nitrogens with one attached hydrogen (secondary N) is 1. The first kappa shape index (κ1) is 10.9. The maximum absolute atomic E-state index is 3.20. The molecule has 0 spiro atoms. The van der Waals surface area contributed by atoms with Crippen LogP contribution in [0.2, 0.25) is 0 Å². The van der Waals surface area contributed by atoms with Gasteiger partial charge in [-0.15, -0.1) is 0 Å². The zero-order valence-electron chi connectivity index (χ0n) is 8.55. The lowest BCUT2D eigenvalue weighted by Crippen LogP contribution is -2.49. The van der Waals surface area contributed by atoms with Gasteiger partial charge in [0.15, 0.2) is 0 Å². The summed E-state index contributed by atoms with van der Waals surface area (Å²) >= 11 is 0. The average Bonchev–Trinajstić information content (AvgIpc) is 2.00. The number of hydrogen-bond donors (Lipinski definition) is 1. The van der Waals surface area contributed by atoms with Gasteiger partial charge in [-0.3, -0.25) is 9.80 Å². The van der Waals surface area contributed by atoms with Crippen LogP contribution in [-0.2, 0) is 0 Å². The second kappa shape index (κ2) is 4.70. The Morgan fingerprint density at radius 3 is 1.82 bits per heavy atom. The van der Waals surface area contributed by atoms with Crippen molar-refractivity contribution >= 4 is 0 Å². The number of rotatable bonds is 4. The zero-order valence-corrected chi connectivity index (χ0v) is 8.55. The van der Waals surface area contributed by atoms with Crippen molar-refractivity contribution in [3.8, 4) is 0 Å². The molecule has 0 aromatic rings. The summed E-state index contributed by atoms with van der Waals surface area (Å²) in [5.41, 5.74) is 0. The minimum absolute atomic E-state index is 0.424. The highest BCUT2D eigenvalue weighted by Crippen LogP contribution is 2.01. The van der Waals surface area contributed by atoms with Crippen LogP contribution in [0, 0.1) is 0 Å². The molecule has 0 heterocycles. The lowest BCUT2D eigenvalue weighted by Gasteiger charge is -2.34. The van der Waals surface area contributed by atoms with Crippen LogP contribution in [0.15, 0.2) is 0 Å². The highest BCUT2D eigenvalue weighted by molar-refractivity contribution is 4.64. The quantitative estimate of drug-likeness (QED) is 0.599. The van der Waals surface area contributed by atoms with E-state index in [9.17, 15) is 0 Å². The zero-order chi connectivity index (χ0) is 9.02. The van der Waals surface area contributed by atoms with Crippen molar-refractivity contribution in [3.63, 3.8) is 0 Å². The van der Waals surface area contributed by atoms with Gasteiger partial charge < -0.3 is 5.32 Å². The Hall–Kier alpha value is -0.120. The fourth-order valence-corrected chi connectivity index (χ4v) is 0.892. The van der Waals surface area contributed by atoms with E-state index >= 15 is 0 Å². The first-order chi connectivity index (χ1) is 5.00. The van der Waals surface area contributed by atoms with Crippen LogP contribution in [0.5, 0.6) is 0 Å². The van der Waals surface area contributed by atoms with E-state index in [1.807, 2.05) is 7.05 Å². The van der Waals surface area contributed by atoms with Crippen molar-refractivity contribution in [1.29, 1.82) is 0 Å². The molecule has 0 fully saturated rings. The fraction of sp³-hybridized carbons (Fsp3) is 1.00. The maximum Gasteiger partial charge on any atom is 0.0599 e. The lowest BCUT2D eigenvalue weighted by atomic mass is 10.4. The molecule has 0 bridgehead atoms. The molecular formula is C8H21N3. The Labute approximate surface area is 70.4 Å². The molecule has 0 aliphatic rings. The molecular weight excluding hydrogens is 138 g/mol. The van der Waals surface area contributed by atoms with Crippen molar-refractivity contribution in [2.24, 2.45) is 0 Å². The van der Waals surface area contributed by atoms with E-state index in [4.69, 9.17) is 0 Å². The summed E-state index contributed by atoms with van der Waals surface area (Å²) < 4.78 is 0. The van der Waals surface area contributed by atoms with Crippen LogP contribution < -0.4 is 5.32 Å². The molecule has 0 aromatic heterocycles. The summed E-state index contributed by atoms with van der Waals surface area (Å²) in [6.07, 6.45) is 0.893. The van der Waals surface area contributed by atoms with Crippen LogP contribution in [0.4, 0.5) is 0 Å². The van der Waals surface area contributed by atoms with E-state index in [-0.39, 0.29) is 0 Å². The summed E-state index contributed by atoms with van der Waals surface area (Å²) in [6.45, 7) is 4.34. The number of hydrogen-bond acceptors (Lipinski definition) is 3. The normalized spacial score (nSPS) is 17.5. The number of nitrogens with zero attached hydrogens (tertiary/aromatic N) is 2. The Balaban J connectivity index is 3.90. The fourth-order valence-electron chi connectivity index (χ4n) is 0.892. The van der Waals surface area contributed by atoms with E-state index in [2.05, 4.69) is 50.1 Å². The lowest BCUT2D eigenvalue weighted by molar-refractivity contribution is 0.0752. The Morgan fingerprint density at radius 1 is 1.09 bits per heavy atom. The summed E-state index contributed by atoms with van der Waals surface area (Å²) in [4.78, 5) is 4.47. The minimum atomic E-state index is 0.424. The van der Waals surface area contributed by atoms with E-state index in [0.717, 1.165) is 0 Å². The molecule has 1 N–H and O–H groups in total. The molecule has 0 radical (unpaired) electrons. The molecule has 0 aliphatic heterocycles. The van der Waals surface area contributed by atoms with Crippen LogP contribution in [0.25, 0.3) is 0 Å². The van der Waals surface area contributed by atoms with Gasteiger partial charge in [0.25, 0.3) is 0 Å². The topological polar surface area (TPSA) is 18.5 Å². The van der Waals surface area contributed by atoms with Crippen LogP contribution >= 0.6 is 0 Å². The van der Waals surface area contributed by atoms with E-state index in [1.54, 1.807) is 0 Å². The van der Waals surface area contributed by atoms with Gasteiger partial charge in [-0.1, -0.05) is 0 Å². The van der Waals surface area contributed by atoms with Crippen LogP contribution in [0.3, 0.4) is 0 Å². The highest BCUT2D eigenvalue weighted by Gasteiger charge is 2.14. The maximum atomic E-state index is 3.20. The minimum Gasteiger partial charge on any atom is -0.305 e. The van der Waals surface area contributed by atoms with Gasteiger partial charge in [-0.25, -0.2) is 0 Å². The summed E-state index contributed by atoms with van der Waals surface area (Å²) in [5.74, 6) is 0. The van der Waals surface area contributed by atoms with Gasteiger partial charge >= 0.3 is 0 Å². The molecule has 3 heteroatoms. The molecule has 0 rings (SSSR count).